The number of nitrogens with one attached hydrogen (secondary N) is 1. The molecule has 0 atom stereocenters. The van der Waals surface area contributed by atoms with Crippen LogP contribution >= 0.6 is 0 Å². The van der Waals surface area contributed by atoms with Gasteiger partial charge in [0.1, 0.15) is 0 Å². The molecular weight excluding hydrogens is 100 g/mol. The molecule has 0 aromatic carbocycles. The lowest BCUT2D eigenvalue weighted by molar-refractivity contribution is 0.864. The summed E-state index contributed by atoms with van der Waals surface area (Å²) in [6, 6.07) is 0. The Morgan fingerprint density at radius 3 is 1.75 bits per heavy atom. The second-order valence-corrected chi connectivity index (χ2v) is 1.25. The molecule has 0 saturated heterocycles. The van der Waals surface area contributed by atoms with Crippen molar-refractivity contribution in [1.29, 1.82) is 0 Å². The van der Waals surface area contributed by atoms with Crippen molar-refractivity contribution in [3.63, 3.8) is 0 Å². The maximum Gasteiger partial charge on any atom is 0.0353 e. The molecule has 0 fully saturated rings. The van der Waals surface area contributed by atoms with Gasteiger partial charge in [-0.1, -0.05) is 6.92 Å². The van der Waals surface area contributed by atoms with Crippen LogP contribution in [0.5, 0.6) is 0 Å². The Morgan fingerprint density at radius 2 is 1.75 bits per heavy atom. The fourth-order valence-electron chi connectivity index (χ4n) is 0. The van der Waals surface area contributed by atoms with Crippen molar-refractivity contribution >= 4 is 6.72 Å². The van der Waals surface area contributed by atoms with E-state index in [1.54, 1.807) is 0 Å². The van der Waals surface area contributed by atoms with Gasteiger partial charge in [-0.25, -0.2) is 0 Å². The minimum absolute atomic E-state index is 0.833. The topological polar surface area (TPSA) is 24.4 Å². The van der Waals surface area contributed by atoms with Gasteiger partial charge < -0.3 is 10.3 Å². The van der Waals surface area contributed by atoms with Crippen LogP contribution in [0.4, 0.5) is 0 Å². The summed E-state index contributed by atoms with van der Waals surface area (Å²) in [5, 5.41) is 2.93. The Kier molecular flexibility index (Phi) is 21.1. The van der Waals surface area contributed by atoms with E-state index in [9.17, 15) is 0 Å². The zero-order valence-corrected chi connectivity index (χ0v) is 6.07. The van der Waals surface area contributed by atoms with Crippen LogP contribution in [-0.4, -0.2) is 26.9 Å². The summed E-state index contributed by atoms with van der Waals surface area (Å²) >= 11 is 0. The molecule has 0 saturated carbocycles. The summed E-state index contributed by atoms with van der Waals surface area (Å²) in [6.07, 6.45) is 0. The van der Waals surface area contributed by atoms with Crippen molar-refractivity contribution in [3.05, 3.63) is 0 Å². The van der Waals surface area contributed by atoms with Gasteiger partial charge in [0.25, 0.3) is 0 Å². The molecule has 0 rings (SSSR count). The predicted octanol–water partition coefficient (Wildman–Crippen LogP) is 0.933. The fraction of sp³-hybridized carbons (Fsp3) is 0.833. The van der Waals surface area contributed by atoms with Crippen molar-refractivity contribution in [1.82, 2.24) is 5.32 Å². The highest BCUT2D eigenvalue weighted by Gasteiger charge is 1.50. The Balaban J connectivity index is 0. The summed E-state index contributed by atoms with van der Waals surface area (Å²) in [7, 11) is 1.93. The third-order valence-corrected chi connectivity index (χ3v) is 0.577. The molecule has 0 aromatic heterocycles. The van der Waals surface area contributed by atoms with Crippen LogP contribution < -0.4 is 5.32 Å². The van der Waals surface area contributed by atoms with Crippen LogP contribution in [0.3, 0.4) is 0 Å². The monoisotopic (exact) mass is 116 g/mol. The lowest BCUT2D eigenvalue weighted by Gasteiger charge is -1.76. The molecule has 50 valence electrons. The summed E-state index contributed by atoms with van der Waals surface area (Å²) in [4.78, 5) is 3.49. The van der Waals surface area contributed by atoms with Crippen LogP contribution in [0, 0.1) is 0 Å². The van der Waals surface area contributed by atoms with Gasteiger partial charge in [0, 0.05) is 6.54 Å². The first-order valence-corrected chi connectivity index (χ1v) is 2.90. The highest BCUT2D eigenvalue weighted by Crippen LogP contribution is 1.50. The third kappa shape index (κ3) is 45.4. The average Bonchev–Trinajstić information content (AvgIpc) is 1.88. The molecule has 2 heteroatoms. The van der Waals surface area contributed by atoms with Crippen molar-refractivity contribution in [2.45, 2.75) is 13.8 Å². The number of aliphatic imine (C=N–C) groups is 1. The quantitative estimate of drug-likeness (QED) is 0.533. The molecule has 0 heterocycles. The first-order valence-electron chi connectivity index (χ1n) is 2.90. The summed E-state index contributed by atoms with van der Waals surface area (Å²) in [5.74, 6) is 0. The van der Waals surface area contributed by atoms with E-state index in [1.807, 2.05) is 14.0 Å². The molecule has 1 N–H and O–H groups in total. The Morgan fingerprint density at radius 1 is 1.50 bits per heavy atom. The number of nitrogens with zero attached hydrogens (tertiary/aromatic N) is 1. The van der Waals surface area contributed by atoms with Crippen LogP contribution in [0.25, 0.3) is 0 Å². The molecule has 8 heavy (non-hydrogen) atoms. The molecule has 0 amide bonds. The van der Waals surface area contributed by atoms with E-state index >= 15 is 0 Å². The molecule has 0 spiro atoms. The van der Waals surface area contributed by atoms with Crippen LogP contribution in [0.2, 0.25) is 0 Å². The van der Waals surface area contributed by atoms with E-state index in [-0.39, 0.29) is 0 Å². The Bertz CT molecular complexity index is 33.5. The summed E-state index contributed by atoms with van der Waals surface area (Å²) in [5.41, 5.74) is 0. The minimum Gasteiger partial charge on any atom is -0.320 e. The van der Waals surface area contributed by atoms with Gasteiger partial charge in [0.05, 0.1) is 0 Å². The van der Waals surface area contributed by atoms with Crippen molar-refractivity contribution < 1.29 is 0 Å². The first-order chi connectivity index (χ1) is 3.83. The lowest BCUT2D eigenvalue weighted by atomic mass is 10.8. The van der Waals surface area contributed by atoms with Crippen molar-refractivity contribution in [2.24, 2.45) is 4.99 Å². The average molecular weight is 116 g/mol. The van der Waals surface area contributed by atoms with E-state index in [0.29, 0.717) is 0 Å². The third-order valence-electron chi connectivity index (χ3n) is 0.577. The van der Waals surface area contributed by atoms with Crippen LogP contribution in [0.1, 0.15) is 13.8 Å². The molecule has 0 aliphatic heterocycles. The lowest BCUT2D eigenvalue weighted by Crippen LogP contribution is -2.01. The summed E-state index contributed by atoms with van der Waals surface area (Å²) < 4.78 is 0. The number of hydrogen-bond acceptors (Lipinski definition) is 2. The first kappa shape index (κ1) is 10.6. The highest BCUT2D eigenvalue weighted by atomic mass is 14.8. The molecular formula is C6H16N2. The molecule has 0 aliphatic carbocycles. The minimum atomic E-state index is 0.833. The molecule has 0 bridgehead atoms. The second kappa shape index (κ2) is 15.9. The van der Waals surface area contributed by atoms with Gasteiger partial charge in [-0.15, -0.1) is 0 Å². The normalized spacial score (nSPS) is 6.88. The standard InChI is InChI=1S/C3H9N.C3H7N/c2*1-3-4-2/h4H,3H2,1-2H3;2-3H2,1H3. The van der Waals surface area contributed by atoms with Gasteiger partial charge in [-0.2, -0.15) is 0 Å². The number of hydrogen-bond donors (Lipinski definition) is 1. The van der Waals surface area contributed by atoms with E-state index < -0.39 is 0 Å². The SMILES string of the molecule is C=NCC.CCNC. The van der Waals surface area contributed by atoms with E-state index in [2.05, 4.69) is 24.0 Å². The summed E-state index contributed by atoms with van der Waals surface area (Å²) in [6.45, 7) is 9.15. The fourth-order valence-corrected chi connectivity index (χ4v) is 0. The zero-order valence-electron chi connectivity index (χ0n) is 6.07. The largest absolute Gasteiger partial charge is 0.320 e. The predicted molar refractivity (Wildman–Crippen MR) is 39.7 cm³/mol. The van der Waals surface area contributed by atoms with Gasteiger partial charge >= 0.3 is 0 Å². The smallest absolute Gasteiger partial charge is 0.0353 e. The number of rotatable bonds is 2. The van der Waals surface area contributed by atoms with Crippen molar-refractivity contribution in [2.75, 3.05) is 20.1 Å². The highest BCUT2D eigenvalue weighted by molar-refractivity contribution is 5.22. The Labute approximate surface area is 52.0 Å². The molecule has 0 aliphatic rings. The van der Waals surface area contributed by atoms with Crippen molar-refractivity contribution in [3.8, 4) is 0 Å². The van der Waals surface area contributed by atoms with E-state index in [4.69, 9.17) is 0 Å². The molecule has 0 aromatic rings. The molecule has 0 radical (unpaired) electrons. The molecule has 0 unspecified atom stereocenters. The zero-order chi connectivity index (χ0) is 6.83. The van der Waals surface area contributed by atoms with Crippen LogP contribution in [0.15, 0.2) is 4.99 Å². The second-order valence-electron chi connectivity index (χ2n) is 1.25. The van der Waals surface area contributed by atoms with Gasteiger partial charge in [-0.05, 0) is 27.2 Å². The van der Waals surface area contributed by atoms with E-state index in [1.165, 1.54) is 0 Å². The maximum atomic E-state index is 3.49. The Hall–Kier alpha value is -0.370. The van der Waals surface area contributed by atoms with E-state index in [0.717, 1.165) is 13.1 Å². The van der Waals surface area contributed by atoms with Crippen LogP contribution in [-0.2, 0) is 0 Å². The van der Waals surface area contributed by atoms with Gasteiger partial charge in [0.2, 0.25) is 0 Å². The molecule has 2 nitrogen and oxygen atoms in total. The van der Waals surface area contributed by atoms with Gasteiger partial charge in [0.15, 0.2) is 0 Å². The maximum absolute atomic E-state index is 3.49. The van der Waals surface area contributed by atoms with Gasteiger partial charge in [-0.3, -0.25) is 0 Å².